The number of benzene rings is 3. The maximum absolute atomic E-state index is 6.83. The number of aromatic nitrogens is 3. The average Bonchev–Trinajstić information content (AvgIpc) is 3.27. The molecule has 0 aliphatic rings. The molecule has 0 saturated carbocycles. The van der Waals surface area contributed by atoms with Gasteiger partial charge in [0.15, 0.2) is 5.82 Å². The second-order valence-electron chi connectivity index (χ2n) is 12.7. The van der Waals surface area contributed by atoms with E-state index in [2.05, 4.69) is 133 Å². The highest BCUT2D eigenvalue weighted by Gasteiger charge is 2.26. The minimum absolute atomic E-state index is 0.103. The molecule has 3 heterocycles. The summed E-state index contributed by atoms with van der Waals surface area (Å²) in [6, 6.07) is 25.7. The van der Waals surface area contributed by atoms with E-state index in [-0.39, 0.29) is 10.8 Å². The third-order valence-electron chi connectivity index (χ3n) is 7.72. The van der Waals surface area contributed by atoms with Gasteiger partial charge in [0.05, 0.1) is 22.5 Å². The Morgan fingerprint density at radius 1 is 0.692 bits per heavy atom. The van der Waals surface area contributed by atoms with Crippen LogP contribution in [-0.4, -0.2) is 9.97 Å². The second kappa shape index (κ2) is 8.74. The largest absolute Gasteiger partial charge is 0.454 e. The molecule has 3 aromatic heterocycles. The van der Waals surface area contributed by atoms with Crippen LogP contribution in [0.5, 0.6) is 0 Å². The quantitative estimate of drug-likeness (QED) is 0.217. The molecule has 0 amide bonds. The van der Waals surface area contributed by atoms with Gasteiger partial charge in [-0.05, 0) is 36.8 Å². The van der Waals surface area contributed by atoms with Gasteiger partial charge in [-0.15, -0.1) is 0 Å². The fourth-order valence-corrected chi connectivity index (χ4v) is 5.39. The highest BCUT2D eigenvalue weighted by Crippen LogP contribution is 2.41. The molecule has 0 bridgehead atoms. The van der Waals surface area contributed by atoms with Crippen molar-refractivity contribution in [1.29, 1.82) is 0 Å². The van der Waals surface area contributed by atoms with E-state index < -0.39 is 0 Å². The Labute approximate surface area is 230 Å². The maximum atomic E-state index is 6.83. The van der Waals surface area contributed by atoms with Crippen molar-refractivity contribution in [2.45, 2.75) is 59.3 Å². The number of rotatable bonds is 2. The summed E-state index contributed by atoms with van der Waals surface area (Å²) in [4.78, 5) is 10.2. The van der Waals surface area contributed by atoms with Crippen molar-refractivity contribution in [1.82, 2.24) is 9.97 Å². The van der Waals surface area contributed by atoms with Gasteiger partial charge in [0.25, 0.3) is 0 Å². The van der Waals surface area contributed by atoms with Crippen LogP contribution in [0.3, 0.4) is 0 Å². The first-order valence-electron chi connectivity index (χ1n) is 13.7. The van der Waals surface area contributed by atoms with E-state index in [4.69, 9.17) is 14.4 Å². The standard InChI is InChI=1S/C35H36N3O/c1-21-16-18-24-23-13-11-14-25(33-36-28(34(2,3)4)20-29(37-33)35(5,6)7)31(23)39-32(24)30(21)27-19-17-22-12-9-10-15-26(22)38(27)8/h9-20H,1-8H3/q+1. The number of pyridine rings is 1. The Balaban J connectivity index is 1.65. The topological polar surface area (TPSA) is 42.8 Å². The van der Waals surface area contributed by atoms with E-state index in [0.29, 0.717) is 5.82 Å². The molecule has 0 N–H and O–H groups in total. The minimum Gasteiger partial charge on any atom is -0.454 e. The Kier molecular flexibility index (Phi) is 5.65. The monoisotopic (exact) mass is 514 g/mol. The molecule has 0 radical (unpaired) electrons. The molecule has 4 nitrogen and oxygen atoms in total. The zero-order valence-electron chi connectivity index (χ0n) is 24.2. The lowest BCUT2D eigenvalue weighted by Gasteiger charge is -2.24. The van der Waals surface area contributed by atoms with Gasteiger partial charge < -0.3 is 4.42 Å². The van der Waals surface area contributed by atoms with Crippen LogP contribution in [0.25, 0.3) is 55.5 Å². The molecular weight excluding hydrogens is 478 g/mol. The summed E-state index contributed by atoms with van der Waals surface area (Å²) < 4.78 is 9.09. The predicted octanol–water partition coefficient (Wildman–Crippen LogP) is 8.59. The molecule has 0 aliphatic carbocycles. The lowest BCUT2D eigenvalue weighted by molar-refractivity contribution is -0.633. The molecule has 0 atom stereocenters. The van der Waals surface area contributed by atoms with E-state index in [1.807, 2.05) is 0 Å². The van der Waals surface area contributed by atoms with Crippen LogP contribution >= 0.6 is 0 Å². The Morgan fingerprint density at radius 2 is 1.36 bits per heavy atom. The molecular formula is C35H36N3O+. The van der Waals surface area contributed by atoms with Crippen LogP contribution < -0.4 is 4.57 Å². The summed E-state index contributed by atoms with van der Waals surface area (Å²) in [5.41, 5.74) is 9.10. The number of hydrogen-bond acceptors (Lipinski definition) is 3. The van der Waals surface area contributed by atoms with E-state index in [0.717, 1.165) is 50.1 Å². The third-order valence-corrected chi connectivity index (χ3v) is 7.72. The van der Waals surface area contributed by atoms with Crippen molar-refractivity contribution < 1.29 is 8.98 Å². The lowest BCUT2D eigenvalue weighted by atomic mass is 9.86. The smallest absolute Gasteiger partial charge is 0.216 e. The summed E-state index contributed by atoms with van der Waals surface area (Å²) in [7, 11) is 2.13. The fraction of sp³-hybridized carbons (Fsp3) is 0.286. The number of fused-ring (bicyclic) bond motifs is 4. The van der Waals surface area contributed by atoms with Crippen LogP contribution in [-0.2, 0) is 17.9 Å². The van der Waals surface area contributed by atoms with Gasteiger partial charge in [-0.25, -0.2) is 9.97 Å². The van der Waals surface area contributed by atoms with Crippen LogP contribution in [0.15, 0.2) is 77.2 Å². The van der Waals surface area contributed by atoms with Crippen molar-refractivity contribution in [3.8, 4) is 22.6 Å². The molecule has 0 spiro atoms. The number of furan rings is 1. The number of hydrogen-bond donors (Lipinski definition) is 0. The normalized spacial score (nSPS) is 12.6. The first-order valence-corrected chi connectivity index (χ1v) is 13.7. The Morgan fingerprint density at radius 3 is 2.05 bits per heavy atom. The van der Waals surface area contributed by atoms with Gasteiger partial charge in [0.1, 0.15) is 18.2 Å². The summed E-state index contributed by atoms with van der Waals surface area (Å²) in [5.74, 6) is 0.714. The van der Waals surface area contributed by atoms with Crippen LogP contribution in [0.2, 0.25) is 0 Å². The zero-order chi connectivity index (χ0) is 27.7. The predicted molar refractivity (Wildman–Crippen MR) is 161 cm³/mol. The van der Waals surface area contributed by atoms with Gasteiger partial charge in [-0.3, -0.25) is 0 Å². The van der Waals surface area contributed by atoms with E-state index in [1.165, 1.54) is 16.5 Å². The molecule has 3 aromatic carbocycles. The molecule has 6 aromatic rings. The lowest BCUT2D eigenvalue weighted by Crippen LogP contribution is -2.32. The van der Waals surface area contributed by atoms with Crippen molar-refractivity contribution in [2.75, 3.05) is 0 Å². The van der Waals surface area contributed by atoms with Crippen molar-refractivity contribution in [2.24, 2.45) is 7.05 Å². The summed E-state index contributed by atoms with van der Waals surface area (Å²) in [6.45, 7) is 15.4. The fourth-order valence-electron chi connectivity index (χ4n) is 5.39. The molecule has 6 rings (SSSR count). The highest BCUT2D eigenvalue weighted by molar-refractivity contribution is 6.12. The van der Waals surface area contributed by atoms with Gasteiger partial charge in [-0.1, -0.05) is 77.9 Å². The summed E-state index contributed by atoms with van der Waals surface area (Å²) in [5, 5.41) is 3.39. The number of para-hydroxylation sites is 2. The molecule has 0 fully saturated rings. The van der Waals surface area contributed by atoms with Gasteiger partial charge in [0, 0.05) is 39.1 Å². The SMILES string of the molecule is Cc1ccc2c(oc3c(-c4nc(C(C)(C)C)cc(C(C)(C)C)n4)cccc32)c1-c1ccc2ccccc2[n+]1C. The first-order chi connectivity index (χ1) is 18.4. The highest BCUT2D eigenvalue weighted by atomic mass is 16.3. The zero-order valence-corrected chi connectivity index (χ0v) is 24.2. The molecule has 196 valence electrons. The Bertz CT molecular complexity index is 1870. The average molecular weight is 515 g/mol. The molecule has 0 aliphatic heterocycles. The second-order valence-corrected chi connectivity index (χ2v) is 12.7. The van der Waals surface area contributed by atoms with E-state index >= 15 is 0 Å². The molecule has 0 unspecified atom stereocenters. The molecule has 4 heteroatoms. The Hall–Kier alpha value is -4.05. The molecule has 39 heavy (non-hydrogen) atoms. The third kappa shape index (κ3) is 4.19. The number of nitrogens with zero attached hydrogens (tertiary/aromatic N) is 3. The maximum Gasteiger partial charge on any atom is 0.216 e. The number of aryl methyl sites for hydroxylation is 2. The van der Waals surface area contributed by atoms with Crippen LogP contribution in [0.1, 0.15) is 58.5 Å². The van der Waals surface area contributed by atoms with Crippen molar-refractivity contribution in [3.63, 3.8) is 0 Å². The first kappa shape index (κ1) is 25.2. The van der Waals surface area contributed by atoms with Gasteiger partial charge in [0.2, 0.25) is 11.2 Å². The van der Waals surface area contributed by atoms with Gasteiger partial charge >= 0.3 is 0 Å². The summed E-state index contributed by atoms with van der Waals surface area (Å²) in [6.07, 6.45) is 0. The van der Waals surface area contributed by atoms with E-state index in [9.17, 15) is 0 Å². The molecule has 0 saturated heterocycles. The van der Waals surface area contributed by atoms with Crippen LogP contribution in [0.4, 0.5) is 0 Å². The van der Waals surface area contributed by atoms with E-state index in [1.54, 1.807) is 0 Å². The van der Waals surface area contributed by atoms with Gasteiger partial charge in [-0.2, -0.15) is 4.57 Å². The van der Waals surface area contributed by atoms with Crippen molar-refractivity contribution in [3.05, 3.63) is 89.7 Å². The summed E-state index contributed by atoms with van der Waals surface area (Å²) >= 11 is 0. The van der Waals surface area contributed by atoms with Crippen LogP contribution in [0, 0.1) is 6.92 Å². The minimum atomic E-state index is -0.103. The van der Waals surface area contributed by atoms with Crippen molar-refractivity contribution >= 4 is 32.8 Å².